The number of nitrogens with zero attached hydrogens (tertiary/aromatic N) is 1. The van der Waals surface area contributed by atoms with Crippen LogP contribution < -0.4 is 5.56 Å². The van der Waals surface area contributed by atoms with Gasteiger partial charge in [-0.1, -0.05) is 54.4 Å². The highest BCUT2D eigenvalue weighted by Crippen LogP contribution is 2.61. The lowest BCUT2D eigenvalue weighted by molar-refractivity contribution is -0.440. The van der Waals surface area contributed by atoms with Crippen LogP contribution in [0.5, 0.6) is 0 Å². The Labute approximate surface area is 272 Å². The number of terminal acetylenes is 1. The maximum Gasteiger partial charge on any atom is 0.460 e. The zero-order valence-corrected chi connectivity index (χ0v) is 29.2. The Bertz CT molecular complexity index is 1330. The lowest BCUT2D eigenvalue weighted by atomic mass is 9.83. The molecule has 1 unspecified atom stereocenters. The van der Waals surface area contributed by atoms with Crippen molar-refractivity contribution >= 4 is 30.9 Å². The van der Waals surface area contributed by atoms with Gasteiger partial charge in [0.05, 0.1) is 16.3 Å². The Hall–Kier alpha value is -1.49. The van der Waals surface area contributed by atoms with Crippen LogP contribution in [0.3, 0.4) is 0 Å². The van der Waals surface area contributed by atoms with Gasteiger partial charge in [-0.15, -0.1) is 6.42 Å². The summed E-state index contributed by atoms with van der Waals surface area (Å²) in [4.78, 5) is 13.1. The molecule has 1 atom stereocenters. The van der Waals surface area contributed by atoms with Gasteiger partial charge < -0.3 is 4.43 Å². The van der Waals surface area contributed by atoms with Crippen LogP contribution in [0.2, 0.25) is 17.1 Å². The molecule has 0 spiro atoms. The number of rotatable bonds is 13. The van der Waals surface area contributed by atoms with Crippen LogP contribution in [0.15, 0.2) is 10.9 Å². The van der Waals surface area contributed by atoms with Gasteiger partial charge in [-0.25, -0.2) is 0 Å². The molecule has 1 aromatic heterocycles. The van der Waals surface area contributed by atoms with Crippen molar-refractivity contribution in [3.8, 4) is 12.3 Å². The molecular formula is C28H35F13INO2Si. The first-order valence-corrected chi connectivity index (χ1v) is 17.0. The highest BCUT2D eigenvalue weighted by molar-refractivity contribution is 14.1. The third-order valence-corrected chi connectivity index (χ3v) is 14.5. The van der Waals surface area contributed by atoms with Gasteiger partial charge in [-0.3, -0.25) is 9.36 Å². The van der Waals surface area contributed by atoms with Crippen LogP contribution >= 0.6 is 22.6 Å². The molecule has 0 fully saturated rings. The molecule has 3 nitrogen and oxygen atoms in total. The minimum Gasteiger partial charge on any atom is -0.409 e. The van der Waals surface area contributed by atoms with Crippen LogP contribution in [0.4, 0.5) is 57.1 Å². The predicted octanol–water partition coefficient (Wildman–Crippen LogP) is 10.4. The van der Waals surface area contributed by atoms with Crippen LogP contribution in [0.25, 0.3) is 0 Å². The van der Waals surface area contributed by atoms with Gasteiger partial charge in [0.1, 0.15) is 0 Å². The molecular weight excluding hydrogens is 784 g/mol. The summed E-state index contributed by atoms with van der Waals surface area (Å²) in [7, 11) is -3.97. The average Bonchev–Trinajstić information content (AvgIpc) is 2.87. The summed E-state index contributed by atoms with van der Waals surface area (Å²) in [6.45, 7) is 12.1. The smallest absolute Gasteiger partial charge is 0.409 e. The molecule has 0 aliphatic heterocycles. The van der Waals surface area contributed by atoms with E-state index in [9.17, 15) is 61.9 Å². The molecule has 46 heavy (non-hydrogen) atoms. The molecule has 1 heterocycles. The van der Waals surface area contributed by atoms with Crippen molar-refractivity contribution in [2.45, 2.75) is 127 Å². The van der Waals surface area contributed by atoms with Crippen LogP contribution in [-0.4, -0.2) is 48.7 Å². The second-order valence-corrected chi connectivity index (χ2v) is 18.8. The fourth-order valence-electron chi connectivity index (χ4n) is 5.06. The second-order valence-electron chi connectivity index (χ2n) is 12.8. The quantitative estimate of drug-likeness (QED) is 0.0653. The molecule has 1 rings (SSSR count). The van der Waals surface area contributed by atoms with E-state index in [-0.39, 0.29) is 17.7 Å². The van der Waals surface area contributed by atoms with Gasteiger partial charge in [0.15, 0.2) is 8.32 Å². The maximum atomic E-state index is 15.0. The second kappa shape index (κ2) is 13.4. The summed E-state index contributed by atoms with van der Waals surface area (Å²) >= 11 is 1.82. The molecule has 18 heteroatoms. The zero-order chi connectivity index (χ0) is 36.9. The summed E-state index contributed by atoms with van der Waals surface area (Å²) in [5.74, 6) is -34.9. The fourth-order valence-corrected chi connectivity index (χ4v) is 10.6. The van der Waals surface area contributed by atoms with Crippen molar-refractivity contribution in [2.75, 3.05) is 0 Å². The molecule has 0 N–H and O–H groups in total. The van der Waals surface area contributed by atoms with Gasteiger partial charge >= 0.3 is 35.8 Å². The van der Waals surface area contributed by atoms with Crippen molar-refractivity contribution < 1.29 is 61.5 Å². The highest BCUT2D eigenvalue weighted by atomic mass is 127. The first-order chi connectivity index (χ1) is 20.2. The molecule has 0 amide bonds. The van der Waals surface area contributed by atoms with Crippen molar-refractivity contribution in [1.82, 2.24) is 4.57 Å². The van der Waals surface area contributed by atoms with E-state index in [2.05, 4.69) is 5.92 Å². The van der Waals surface area contributed by atoms with E-state index in [1.807, 2.05) is 22.6 Å². The van der Waals surface area contributed by atoms with Crippen molar-refractivity contribution in [3.63, 3.8) is 0 Å². The summed E-state index contributed by atoms with van der Waals surface area (Å²) < 4.78 is 187. The minimum absolute atomic E-state index is 0.0994. The molecule has 0 saturated carbocycles. The molecule has 0 aromatic carbocycles. The SMILES string of the molecule is C#CCn1c(I)cc(C(O[Si](CCC(F)(F)C(F)(F)C(F)(F)C(F)(F)C(F)(F)C(F)(F)F)(C(C)C)C(C)C)C(C)(C)C)c(C)c1=O. The number of halogens is 14. The van der Waals surface area contributed by atoms with Crippen LogP contribution in [0, 0.1) is 28.4 Å². The van der Waals surface area contributed by atoms with E-state index in [4.69, 9.17) is 10.8 Å². The first kappa shape index (κ1) is 42.5. The highest BCUT2D eigenvalue weighted by Gasteiger charge is 2.90. The minimum atomic E-state index is -7.96. The van der Waals surface area contributed by atoms with Gasteiger partial charge in [0.25, 0.3) is 5.56 Å². The normalized spacial score (nSPS) is 15.5. The molecule has 266 valence electrons. The predicted molar refractivity (Wildman–Crippen MR) is 156 cm³/mol. The third-order valence-electron chi connectivity index (χ3n) is 7.97. The lowest BCUT2D eigenvalue weighted by Gasteiger charge is -2.46. The number of pyridine rings is 1. The van der Waals surface area contributed by atoms with Gasteiger partial charge in [0, 0.05) is 12.0 Å². The zero-order valence-electron chi connectivity index (χ0n) is 26.1. The number of hydrogen-bond donors (Lipinski definition) is 0. The van der Waals surface area contributed by atoms with Gasteiger partial charge in [-0.2, -0.15) is 57.1 Å². The van der Waals surface area contributed by atoms with Crippen molar-refractivity contribution in [1.29, 1.82) is 0 Å². The molecule has 1 aromatic rings. The summed E-state index contributed by atoms with van der Waals surface area (Å²) in [5, 5.41) is 0. The first-order valence-electron chi connectivity index (χ1n) is 13.7. The number of hydrogen-bond acceptors (Lipinski definition) is 2. The summed E-state index contributed by atoms with van der Waals surface area (Å²) in [5.41, 5.74) is -2.59. The van der Waals surface area contributed by atoms with Crippen molar-refractivity contribution in [3.05, 3.63) is 31.2 Å². The third kappa shape index (κ3) is 7.25. The topological polar surface area (TPSA) is 31.2 Å². The molecule has 0 aliphatic carbocycles. The van der Waals surface area contributed by atoms with E-state index in [0.29, 0.717) is 3.70 Å². The molecule has 0 aliphatic rings. The van der Waals surface area contributed by atoms with E-state index in [1.165, 1.54) is 45.3 Å². The Kier molecular flexibility index (Phi) is 12.4. The average molecular weight is 820 g/mol. The fraction of sp³-hybridized carbons (Fsp3) is 0.750. The standard InChI is InChI=1S/C28H35F13INO2Si/c1-10-12-43-19(42)14-18(17(6)21(43)44)20(22(7,8)9)45-46(15(2)3,16(4)5)13-11-23(29,30)24(31,32)25(33,34)26(35,36)27(37,38)28(39,40)41/h1,14-16,20H,11-13H2,2-9H3. The van der Waals surface area contributed by atoms with E-state index in [0.717, 1.165) is 0 Å². The number of aromatic nitrogens is 1. The molecule has 0 bridgehead atoms. The van der Waals surface area contributed by atoms with E-state index < -0.39 is 84.7 Å². The van der Waals surface area contributed by atoms with Crippen LogP contribution in [-0.2, 0) is 11.0 Å². The Morgan fingerprint density at radius 3 is 1.65 bits per heavy atom. The monoisotopic (exact) mass is 819 g/mol. The largest absolute Gasteiger partial charge is 0.460 e. The summed E-state index contributed by atoms with van der Waals surface area (Å²) in [6, 6.07) is 0.399. The number of alkyl halides is 13. The summed E-state index contributed by atoms with van der Waals surface area (Å²) in [6.07, 6.45) is -5.59. The Morgan fingerprint density at radius 2 is 1.28 bits per heavy atom. The van der Waals surface area contributed by atoms with Gasteiger partial charge in [-0.05, 0) is 63.7 Å². The van der Waals surface area contributed by atoms with Crippen LogP contribution in [0.1, 0.15) is 72.1 Å². The molecule has 0 saturated heterocycles. The lowest BCUT2D eigenvalue weighted by Crippen LogP contribution is -2.70. The molecule has 0 radical (unpaired) electrons. The van der Waals surface area contributed by atoms with Crippen molar-refractivity contribution in [2.24, 2.45) is 5.41 Å². The Balaban J connectivity index is 3.79. The Morgan fingerprint density at radius 1 is 0.848 bits per heavy atom. The van der Waals surface area contributed by atoms with E-state index in [1.54, 1.807) is 20.8 Å². The van der Waals surface area contributed by atoms with E-state index >= 15 is 0 Å². The van der Waals surface area contributed by atoms with Gasteiger partial charge in [0.2, 0.25) is 0 Å². The maximum absolute atomic E-state index is 15.0.